The molecular formula is C39H51F3N2O4. The second-order valence-electron chi connectivity index (χ2n) is 12.6. The Morgan fingerprint density at radius 2 is 1.25 bits per heavy atom. The lowest BCUT2D eigenvalue weighted by molar-refractivity contribution is -0.206. The number of ether oxygens (including phenoxy) is 1. The first-order chi connectivity index (χ1) is 23.1. The first-order valence-corrected chi connectivity index (χ1v) is 17.7. The summed E-state index contributed by atoms with van der Waals surface area (Å²) in [6.07, 6.45) is 13.6. The standard InChI is InChI=1S/C39H51F3N2O4/c1-3-5-7-9-11-12-13-14-16-18-29-27-43-36(44-28-29)32-24-25-33(37(45)46)34(26-32)30-20-22-31(23-21-30)38(47)48-35(39(40,41)42)19-17-15-10-8-6-4-2/h20-28,35H,3-19H2,1-2H3,(H,45,46)/t35-/m1/s1. The van der Waals surface area contributed by atoms with Gasteiger partial charge in [0, 0.05) is 18.0 Å². The number of aryl methyl sites for hydroxylation is 1. The molecule has 0 aliphatic carbocycles. The second kappa shape index (κ2) is 20.6. The van der Waals surface area contributed by atoms with Crippen molar-refractivity contribution in [3.63, 3.8) is 0 Å². The predicted molar refractivity (Wildman–Crippen MR) is 184 cm³/mol. The number of carbonyl (C=O) groups is 2. The molecule has 0 aliphatic rings. The van der Waals surface area contributed by atoms with Gasteiger partial charge in [-0.15, -0.1) is 0 Å². The third-order valence-corrected chi connectivity index (χ3v) is 8.65. The molecule has 0 amide bonds. The normalized spacial score (nSPS) is 12.2. The smallest absolute Gasteiger partial charge is 0.425 e. The highest BCUT2D eigenvalue weighted by atomic mass is 19.4. The molecule has 3 rings (SSSR count). The number of carboxylic acids is 1. The lowest BCUT2D eigenvalue weighted by Gasteiger charge is -2.21. The van der Waals surface area contributed by atoms with Gasteiger partial charge in [-0.1, -0.05) is 116 Å². The number of nitrogens with zero attached hydrogens (tertiary/aromatic N) is 2. The number of carboxylic acid groups (broad SMARTS) is 1. The highest BCUT2D eigenvalue weighted by Crippen LogP contribution is 2.31. The Labute approximate surface area is 283 Å². The van der Waals surface area contributed by atoms with Gasteiger partial charge in [0.2, 0.25) is 0 Å². The molecule has 0 bridgehead atoms. The Balaban J connectivity index is 1.63. The number of hydrogen-bond acceptors (Lipinski definition) is 5. The first kappa shape index (κ1) is 38.7. The van der Waals surface area contributed by atoms with Crippen molar-refractivity contribution in [2.45, 2.75) is 135 Å². The summed E-state index contributed by atoms with van der Waals surface area (Å²) in [7, 11) is 0. The van der Waals surface area contributed by atoms with Gasteiger partial charge in [0.15, 0.2) is 11.9 Å². The van der Waals surface area contributed by atoms with Crippen LogP contribution in [-0.2, 0) is 11.2 Å². The van der Waals surface area contributed by atoms with Crippen LogP contribution in [0.4, 0.5) is 13.2 Å². The highest BCUT2D eigenvalue weighted by Gasteiger charge is 2.42. The highest BCUT2D eigenvalue weighted by molar-refractivity contribution is 5.97. The van der Waals surface area contributed by atoms with Crippen LogP contribution in [0.3, 0.4) is 0 Å². The lowest BCUT2D eigenvalue weighted by atomic mass is 9.96. The van der Waals surface area contributed by atoms with Crippen LogP contribution in [0.5, 0.6) is 0 Å². The fourth-order valence-electron chi connectivity index (χ4n) is 5.76. The van der Waals surface area contributed by atoms with E-state index in [4.69, 9.17) is 4.74 Å². The Morgan fingerprint density at radius 1 is 0.729 bits per heavy atom. The minimum atomic E-state index is -4.66. The van der Waals surface area contributed by atoms with Crippen molar-refractivity contribution in [1.29, 1.82) is 0 Å². The van der Waals surface area contributed by atoms with E-state index in [1.807, 2.05) is 0 Å². The van der Waals surface area contributed by atoms with E-state index >= 15 is 0 Å². The zero-order valence-corrected chi connectivity index (χ0v) is 28.5. The molecule has 1 aromatic heterocycles. The summed E-state index contributed by atoms with van der Waals surface area (Å²) in [5.41, 5.74) is 2.51. The van der Waals surface area contributed by atoms with Crippen LogP contribution in [0.25, 0.3) is 22.5 Å². The molecule has 262 valence electrons. The topological polar surface area (TPSA) is 89.4 Å². The maximum atomic E-state index is 13.6. The zero-order valence-electron chi connectivity index (χ0n) is 28.5. The third kappa shape index (κ3) is 13.0. The molecule has 0 aliphatic heterocycles. The molecule has 0 spiro atoms. The number of aromatic nitrogens is 2. The maximum absolute atomic E-state index is 13.6. The molecule has 0 unspecified atom stereocenters. The van der Waals surface area contributed by atoms with Crippen molar-refractivity contribution in [2.75, 3.05) is 0 Å². The number of aromatic carboxylic acids is 1. The van der Waals surface area contributed by atoms with Gasteiger partial charge in [-0.05, 0) is 66.6 Å². The number of hydrogen-bond donors (Lipinski definition) is 1. The quantitative estimate of drug-likeness (QED) is 0.0846. The van der Waals surface area contributed by atoms with Gasteiger partial charge in [0.25, 0.3) is 0 Å². The van der Waals surface area contributed by atoms with E-state index in [1.165, 1.54) is 81.7 Å². The molecule has 48 heavy (non-hydrogen) atoms. The van der Waals surface area contributed by atoms with Crippen LogP contribution in [0.1, 0.15) is 143 Å². The van der Waals surface area contributed by atoms with Gasteiger partial charge in [-0.25, -0.2) is 19.6 Å². The van der Waals surface area contributed by atoms with Gasteiger partial charge >= 0.3 is 18.1 Å². The summed E-state index contributed by atoms with van der Waals surface area (Å²) < 4.78 is 45.8. The molecule has 0 fully saturated rings. The van der Waals surface area contributed by atoms with Crippen molar-refractivity contribution in [3.8, 4) is 22.5 Å². The number of unbranched alkanes of at least 4 members (excludes halogenated alkanes) is 13. The molecule has 3 aromatic rings. The zero-order chi connectivity index (χ0) is 34.8. The van der Waals surface area contributed by atoms with Crippen molar-refractivity contribution < 1.29 is 32.6 Å². The van der Waals surface area contributed by atoms with Crippen molar-refractivity contribution in [2.24, 2.45) is 0 Å². The van der Waals surface area contributed by atoms with Crippen LogP contribution < -0.4 is 0 Å². The van der Waals surface area contributed by atoms with Gasteiger partial charge in [0.05, 0.1) is 11.1 Å². The number of carbonyl (C=O) groups excluding carboxylic acids is 1. The lowest BCUT2D eigenvalue weighted by Crippen LogP contribution is -2.33. The summed E-state index contributed by atoms with van der Waals surface area (Å²) in [6.45, 7) is 4.30. The Hall–Kier alpha value is -3.75. The minimum absolute atomic E-state index is 0.0344. The maximum Gasteiger partial charge on any atom is 0.425 e. The van der Waals surface area contributed by atoms with Crippen LogP contribution in [0.2, 0.25) is 0 Å². The number of halogens is 3. The number of benzene rings is 2. The van der Waals surface area contributed by atoms with E-state index in [0.717, 1.165) is 44.1 Å². The Kier molecular flexibility index (Phi) is 16.6. The Morgan fingerprint density at radius 3 is 1.79 bits per heavy atom. The van der Waals surface area contributed by atoms with Crippen LogP contribution >= 0.6 is 0 Å². The van der Waals surface area contributed by atoms with E-state index in [9.17, 15) is 27.9 Å². The van der Waals surface area contributed by atoms with Gasteiger partial charge in [0.1, 0.15) is 0 Å². The number of alkyl halides is 3. The summed E-state index contributed by atoms with van der Waals surface area (Å²) in [6, 6.07) is 10.5. The predicted octanol–water partition coefficient (Wildman–Crippen LogP) is 11.4. The van der Waals surface area contributed by atoms with Crippen molar-refractivity contribution in [1.82, 2.24) is 9.97 Å². The summed E-state index contributed by atoms with van der Waals surface area (Å²) in [5.74, 6) is -1.76. The van der Waals surface area contributed by atoms with E-state index in [2.05, 4.69) is 23.8 Å². The van der Waals surface area contributed by atoms with Crippen LogP contribution in [-0.4, -0.2) is 39.3 Å². The fourth-order valence-corrected chi connectivity index (χ4v) is 5.76. The third-order valence-electron chi connectivity index (χ3n) is 8.65. The number of rotatable bonds is 22. The minimum Gasteiger partial charge on any atom is -0.478 e. The molecule has 1 heterocycles. The molecule has 6 nitrogen and oxygen atoms in total. The van der Waals surface area contributed by atoms with E-state index in [0.29, 0.717) is 35.4 Å². The van der Waals surface area contributed by atoms with E-state index in [1.54, 1.807) is 24.5 Å². The largest absolute Gasteiger partial charge is 0.478 e. The molecule has 0 saturated heterocycles. The van der Waals surface area contributed by atoms with E-state index in [-0.39, 0.29) is 17.5 Å². The Bertz CT molecular complexity index is 1390. The summed E-state index contributed by atoms with van der Waals surface area (Å²) in [5, 5.41) is 9.85. The average molecular weight is 669 g/mol. The molecular weight excluding hydrogens is 617 g/mol. The second-order valence-corrected chi connectivity index (χ2v) is 12.6. The van der Waals surface area contributed by atoms with Gasteiger partial charge in [-0.3, -0.25) is 0 Å². The fraction of sp³-hybridized carbons (Fsp3) is 0.538. The summed E-state index contributed by atoms with van der Waals surface area (Å²) in [4.78, 5) is 33.8. The molecule has 1 atom stereocenters. The van der Waals surface area contributed by atoms with E-state index < -0.39 is 24.2 Å². The van der Waals surface area contributed by atoms with Crippen LogP contribution in [0, 0.1) is 0 Å². The number of esters is 1. The molecule has 0 radical (unpaired) electrons. The molecule has 0 saturated carbocycles. The van der Waals surface area contributed by atoms with Crippen molar-refractivity contribution >= 4 is 11.9 Å². The SMILES string of the molecule is CCCCCCCCCCCc1cnc(-c2ccc(C(=O)O)c(-c3ccc(C(=O)O[C@H](CCCCCCCC)C(F)(F)F)cc3)c2)nc1. The van der Waals surface area contributed by atoms with Gasteiger partial charge < -0.3 is 9.84 Å². The molecule has 2 aromatic carbocycles. The molecule has 9 heteroatoms. The van der Waals surface area contributed by atoms with Gasteiger partial charge in [-0.2, -0.15) is 13.2 Å². The van der Waals surface area contributed by atoms with Crippen LogP contribution in [0.15, 0.2) is 54.9 Å². The average Bonchev–Trinajstić information content (AvgIpc) is 3.08. The first-order valence-electron chi connectivity index (χ1n) is 17.7. The monoisotopic (exact) mass is 668 g/mol. The van der Waals surface area contributed by atoms with Crippen molar-refractivity contribution in [3.05, 3.63) is 71.5 Å². The molecule has 1 N–H and O–H groups in total. The summed E-state index contributed by atoms with van der Waals surface area (Å²) >= 11 is 0.